The van der Waals surface area contributed by atoms with Crippen LogP contribution < -0.4 is 11.1 Å². The van der Waals surface area contributed by atoms with E-state index < -0.39 is 23.8 Å². The molecule has 0 saturated carbocycles. The number of esters is 1. The quantitative estimate of drug-likeness (QED) is 0.769. The van der Waals surface area contributed by atoms with Gasteiger partial charge in [0, 0.05) is 17.0 Å². The SMILES string of the molecule is COC(=O)c1cccc(C(=O)N[C@@H](Cc2ccc(Cl)cc2)C(N)=O)c1. The van der Waals surface area contributed by atoms with E-state index in [9.17, 15) is 14.4 Å². The second-order valence-corrected chi connectivity index (χ2v) is 5.77. The van der Waals surface area contributed by atoms with Gasteiger partial charge >= 0.3 is 5.97 Å². The lowest BCUT2D eigenvalue weighted by Gasteiger charge is -2.16. The van der Waals surface area contributed by atoms with Gasteiger partial charge in [-0.3, -0.25) is 9.59 Å². The number of carbonyl (C=O) groups excluding carboxylic acids is 3. The second-order valence-electron chi connectivity index (χ2n) is 5.33. The van der Waals surface area contributed by atoms with Gasteiger partial charge in [0.05, 0.1) is 12.7 Å². The van der Waals surface area contributed by atoms with Crippen LogP contribution in [0.3, 0.4) is 0 Å². The maximum Gasteiger partial charge on any atom is 0.337 e. The molecule has 1 atom stereocenters. The Morgan fingerprint density at radius 1 is 1.12 bits per heavy atom. The molecule has 0 bridgehead atoms. The first-order chi connectivity index (χ1) is 11.9. The summed E-state index contributed by atoms with van der Waals surface area (Å²) in [5.41, 5.74) is 6.66. The summed E-state index contributed by atoms with van der Waals surface area (Å²) < 4.78 is 4.62. The Hall–Kier alpha value is -2.86. The maximum absolute atomic E-state index is 12.4. The van der Waals surface area contributed by atoms with E-state index in [4.69, 9.17) is 17.3 Å². The third-order valence-electron chi connectivity index (χ3n) is 3.55. The molecule has 0 aromatic heterocycles. The van der Waals surface area contributed by atoms with Gasteiger partial charge in [-0.25, -0.2) is 4.79 Å². The van der Waals surface area contributed by atoms with Gasteiger partial charge < -0.3 is 15.8 Å². The van der Waals surface area contributed by atoms with Crippen molar-refractivity contribution < 1.29 is 19.1 Å². The zero-order chi connectivity index (χ0) is 18.4. The van der Waals surface area contributed by atoms with Crippen molar-refractivity contribution in [2.75, 3.05) is 7.11 Å². The van der Waals surface area contributed by atoms with Crippen molar-refractivity contribution in [3.8, 4) is 0 Å². The van der Waals surface area contributed by atoms with Crippen LogP contribution in [0.25, 0.3) is 0 Å². The fourth-order valence-electron chi connectivity index (χ4n) is 2.23. The summed E-state index contributed by atoms with van der Waals surface area (Å²) in [6.45, 7) is 0. The van der Waals surface area contributed by atoms with Crippen LogP contribution in [0.1, 0.15) is 26.3 Å². The number of hydrogen-bond acceptors (Lipinski definition) is 4. The minimum Gasteiger partial charge on any atom is -0.465 e. The zero-order valence-corrected chi connectivity index (χ0v) is 14.2. The first kappa shape index (κ1) is 18.5. The molecule has 0 radical (unpaired) electrons. The third-order valence-corrected chi connectivity index (χ3v) is 3.80. The largest absolute Gasteiger partial charge is 0.465 e. The average molecular weight is 361 g/mol. The Labute approximate surface area is 149 Å². The van der Waals surface area contributed by atoms with Crippen molar-refractivity contribution in [3.05, 3.63) is 70.2 Å². The van der Waals surface area contributed by atoms with Crippen LogP contribution in [0.5, 0.6) is 0 Å². The monoisotopic (exact) mass is 360 g/mol. The van der Waals surface area contributed by atoms with Crippen LogP contribution in [0.4, 0.5) is 0 Å². The maximum atomic E-state index is 12.4. The van der Waals surface area contributed by atoms with Crippen LogP contribution >= 0.6 is 11.6 Å². The fraction of sp³-hybridized carbons (Fsp3) is 0.167. The molecule has 7 heteroatoms. The Kier molecular flexibility index (Phi) is 6.14. The average Bonchev–Trinajstić information content (AvgIpc) is 2.62. The predicted octanol–water partition coefficient (Wildman–Crippen LogP) is 1.95. The second kappa shape index (κ2) is 8.30. The smallest absolute Gasteiger partial charge is 0.337 e. The Balaban J connectivity index is 2.13. The lowest BCUT2D eigenvalue weighted by Crippen LogP contribution is -2.45. The number of ether oxygens (including phenoxy) is 1. The number of halogens is 1. The van der Waals surface area contributed by atoms with E-state index in [0.29, 0.717) is 5.02 Å². The number of nitrogens with two attached hydrogens (primary N) is 1. The summed E-state index contributed by atoms with van der Waals surface area (Å²) in [6.07, 6.45) is 0.231. The molecule has 0 unspecified atom stereocenters. The molecule has 0 aliphatic heterocycles. The van der Waals surface area contributed by atoms with E-state index in [-0.39, 0.29) is 17.5 Å². The topological polar surface area (TPSA) is 98.5 Å². The van der Waals surface area contributed by atoms with Gasteiger partial charge in [0.2, 0.25) is 5.91 Å². The normalized spacial score (nSPS) is 11.4. The molecule has 130 valence electrons. The van der Waals surface area contributed by atoms with Crippen molar-refractivity contribution in [3.63, 3.8) is 0 Å². The van der Waals surface area contributed by atoms with E-state index in [1.165, 1.54) is 25.3 Å². The van der Waals surface area contributed by atoms with Crippen LogP contribution in [0.2, 0.25) is 5.02 Å². The highest BCUT2D eigenvalue weighted by Gasteiger charge is 2.20. The van der Waals surface area contributed by atoms with Gasteiger partial charge in [0.1, 0.15) is 6.04 Å². The molecule has 6 nitrogen and oxygen atoms in total. The minimum absolute atomic E-state index is 0.227. The number of benzene rings is 2. The van der Waals surface area contributed by atoms with Crippen LogP contribution in [0, 0.1) is 0 Å². The molecule has 2 aromatic carbocycles. The van der Waals surface area contributed by atoms with Gasteiger partial charge in [-0.15, -0.1) is 0 Å². The highest BCUT2D eigenvalue weighted by molar-refractivity contribution is 6.30. The van der Waals surface area contributed by atoms with E-state index in [0.717, 1.165) is 5.56 Å². The summed E-state index contributed by atoms with van der Waals surface area (Å²) in [5.74, 6) is -1.72. The van der Waals surface area contributed by atoms with E-state index in [1.807, 2.05) is 0 Å². The van der Waals surface area contributed by atoms with Crippen LogP contribution in [0.15, 0.2) is 48.5 Å². The van der Waals surface area contributed by atoms with Gasteiger partial charge in [0.25, 0.3) is 5.91 Å². The molecular weight excluding hydrogens is 344 g/mol. The lowest BCUT2D eigenvalue weighted by atomic mass is 10.0. The van der Waals surface area contributed by atoms with Crippen molar-refractivity contribution >= 4 is 29.4 Å². The molecule has 2 aromatic rings. The molecule has 0 fully saturated rings. The van der Waals surface area contributed by atoms with Crippen molar-refractivity contribution in [2.45, 2.75) is 12.5 Å². The molecule has 0 spiro atoms. The van der Waals surface area contributed by atoms with Crippen molar-refractivity contribution in [1.29, 1.82) is 0 Å². The number of rotatable bonds is 6. The van der Waals surface area contributed by atoms with Gasteiger partial charge in [-0.2, -0.15) is 0 Å². The Bertz CT molecular complexity index is 790. The first-order valence-corrected chi connectivity index (χ1v) is 7.81. The highest BCUT2D eigenvalue weighted by Crippen LogP contribution is 2.12. The summed E-state index contributed by atoms with van der Waals surface area (Å²) in [5, 5.41) is 3.15. The molecule has 0 aliphatic carbocycles. The number of amides is 2. The highest BCUT2D eigenvalue weighted by atomic mass is 35.5. The van der Waals surface area contributed by atoms with Gasteiger partial charge in [0.15, 0.2) is 0 Å². The first-order valence-electron chi connectivity index (χ1n) is 7.43. The molecule has 0 heterocycles. The molecule has 2 amide bonds. The summed E-state index contributed by atoms with van der Waals surface area (Å²) in [6, 6.07) is 12.0. The summed E-state index contributed by atoms with van der Waals surface area (Å²) in [4.78, 5) is 35.6. The Morgan fingerprint density at radius 2 is 1.76 bits per heavy atom. The van der Waals surface area contributed by atoms with Gasteiger partial charge in [-0.05, 0) is 35.9 Å². The van der Waals surface area contributed by atoms with Crippen LogP contribution in [-0.2, 0) is 16.0 Å². The van der Waals surface area contributed by atoms with E-state index >= 15 is 0 Å². The predicted molar refractivity (Wildman–Crippen MR) is 93.4 cm³/mol. The fourth-order valence-corrected chi connectivity index (χ4v) is 2.35. The molecule has 25 heavy (non-hydrogen) atoms. The molecule has 3 N–H and O–H groups in total. The molecule has 0 aliphatic rings. The summed E-state index contributed by atoms with van der Waals surface area (Å²) in [7, 11) is 1.25. The Morgan fingerprint density at radius 3 is 2.36 bits per heavy atom. The number of carbonyl (C=O) groups is 3. The van der Waals surface area contributed by atoms with Gasteiger partial charge in [-0.1, -0.05) is 29.8 Å². The number of methoxy groups -OCH3 is 1. The number of nitrogens with one attached hydrogen (secondary N) is 1. The van der Waals surface area contributed by atoms with E-state index in [2.05, 4.69) is 10.1 Å². The van der Waals surface area contributed by atoms with E-state index in [1.54, 1.807) is 30.3 Å². The number of primary amides is 1. The minimum atomic E-state index is -0.893. The van der Waals surface area contributed by atoms with Crippen molar-refractivity contribution in [2.24, 2.45) is 5.73 Å². The zero-order valence-electron chi connectivity index (χ0n) is 13.5. The lowest BCUT2D eigenvalue weighted by molar-refractivity contribution is -0.119. The third kappa shape index (κ3) is 5.06. The van der Waals surface area contributed by atoms with Crippen molar-refractivity contribution in [1.82, 2.24) is 5.32 Å². The molecule has 0 saturated heterocycles. The number of hydrogen-bond donors (Lipinski definition) is 2. The standard InChI is InChI=1S/C18H17ClN2O4/c1-25-18(24)13-4-2-3-12(10-13)17(23)21-15(16(20)22)9-11-5-7-14(19)8-6-11/h2-8,10,15H,9H2,1H3,(H2,20,22)(H,21,23)/t15-/m0/s1. The molecular formula is C18H17ClN2O4. The molecule has 2 rings (SSSR count). The van der Waals surface area contributed by atoms with Crippen LogP contribution in [-0.4, -0.2) is 30.9 Å². The summed E-state index contributed by atoms with van der Waals surface area (Å²) >= 11 is 5.83.